The van der Waals surface area contributed by atoms with Gasteiger partial charge in [0.25, 0.3) is 11.7 Å². The standard InChI is InChI=1S/C14H18N6O4/c1-9(2)8-23-13(21)17-11-15-10(19-6-4-3-5-7-19)16-12-18-14(22)24-20(11)12/h3-4,9H,5-8H2,1-2H3,(H,15,16,17,18,21,22). The van der Waals surface area contributed by atoms with Crippen molar-refractivity contribution < 1.29 is 14.1 Å². The van der Waals surface area contributed by atoms with Gasteiger partial charge in [-0.05, 0) is 12.3 Å². The molecule has 0 aromatic carbocycles. The molecule has 0 aliphatic carbocycles. The minimum absolute atomic E-state index is 0.00657. The normalized spacial score (nSPS) is 14.4. The molecule has 0 saturated carbocycles. The Bertz CT molecular complexity index is 824. The molecule has 10 nitrogen and oxygen atoms in total. The van der Waals surface area contributed by atoms with Crippen molar-refractivity contribution in [2.75, 3.05) is 29.9 Å². The molecule has 1 aliphatic rings. The van der Waals surface area contributed by atoms with E-state index in [4.69, 9.17) is 9.26 Å². The highest BCUT2D eigenvalue weighted by Crippen LogP contribution is 2.16. The van der Waals surface area contributed by atoms with E-state index in [2.05, 4.69) is 26.3 Å². The lowest BCUT2D eigenvalue weighted by atomic mass is 10.2. The summed E-state index contributed by atoms with van der Waals surface area (Å²) >= 11 is 0. The zero-order valence-electron chi connectivity index (χ0n) is 13.4. The zero-order chi connectivity index (χ0) is 17.1. The first kappa shape index (κ1) is 16.0. The van der Waals surface area contributed by atoms with Crippen molar-refractivity contribution in [1.82, 2.24) is 19.5 Å². The predicted octanol–water partition coefficient (Wildman–Crippen LogP) is 1.05. The van der Waals surface area contributed by atoms with Crippen LogP contribution in [0.25, 0.3) is 5.78 Å². The quantitative estimate of drug-likeness (QED) is 0.825. The maximum atomic E-state index is 11.9. The van der Waals surface area contributed by atoms with E-state index in [0.29, 0.717) is 12.5 Å². The molecule has 24 heavy (non-hydrogen) atoms. The third-order valence-electron chi connectivity index (χ3n) is 3.24. The van der Waals surface area contributed by atoms with Crippen molar-refractivity contribution in [2.24, 2.45) is 5.92 Å². The molecule has 3 heterocycles. The number of nitrogens with one attached hydrogen (secondary N) is 1. The molecule has 2 aromatic heterocycles. The van der Waals surface area contributed by atoms with Crippen LogP contribution in [-0.2, 0) is 4.74 Å². The van der Waals surface area contributed by atoms with Crippen LogP contribution in [0.3, 0.4) is 0 Å². The van der Waals surface area contributed by atoms with Gasteiger partial charge in [-0.3, -0.25) is 5.32 Å². The number of nitrogens with zero attached hydrogens (tertiary/aromatic N) is 5. The number of ether oxygens (including phenoxy) is 1. The lowest BCUT2D eigenvalue weighted by molar-refractivity contribution is 0.147. The lowest BCUT2D eigenvalue weighted by Gasteiger charge is -2.23. The number of aromatic nitrogens is 4. The third kappa shape index (κ3) is 3.53. The summed E-state index contributed by atoms with van der Waals surface area (Å²) in [7, 11) is 0. The van der Waals surface area contributed by atoms with Gasteiger partial charge in [-0.15, -0.1) is 4.98 Å². The van der Waals surface area contributed by atoms with Crippen LogP contribution in [0.2, 0.25) is 0 Å². The Balaban J connectivity index is 1.90. The van der Waals surface area contributed by atoms with E-state index in [1.54, 1.807) is 0 Å². The van der Waals surface area contributed by atoms with Crippen molar-refractivity contribution in [3.8, 4) is 0 Å². The first-order chi connectivity index (χ1) is 11.5. The number of hydrogen-bond donors (Lipinski definition) is 1. The maximum absolute atomic E-state index is 11.9. The third-order valence-corrected chi connectivity index (χ3v) is 3.24. The Kier molecular flexibility index (Phi) is 4.45. The van der Waals surface area contributed by atoms with E-state index >= 15 is 0 Å². The van der Waals surface area contributed by atoms with Crippen molar-refractivity contribution in [3.05, 3.63) is 22.7 Å². The van der Waals surface area contributed by atoms with Crippen LogP contribution in [-0.4, -0.2) is 45.3 Å². The summed E-state index contributed by atoms with van der Waals surface area (Å²) in [6.07, 6.45) is 4.23. The fourth-order valence-corrected chi connectivity index (χ4v) is 2.14. The van der Waals surface area contributed by atoms with Gasteiger partial charge in [-0.2, -0.15) is 9.97 Å². The number of carbonyl (C=O) groups is 1. The molecule has 3 rings (SSSR count). The first-order valence-electron chi connectivity index (χ1n) is 7.65. The average molecular weight is 334 g/mol. The number of rotatable bonds is 4. The number of amides is 1. The second-order valence-corrected chi connectivity index (χ2v) is 5.73. The van der Waals surface area contributed by atoms with Crippen LogP contribution in [0, 0.1) is 5.92 Å². The SMILES string of the molecule is CC(C)COC(=O)Nc1nc(N2CC=CCC2)nc2nc(=O)on12. The highest BCUT2D eigenvalue weighted by atomic mass is 16.6. The monoisotopic (exact) mass is 334 g/mol. The van der Waals surface area contributed by atoms with E-state index in [0.717, 1.165) is 17.5 Å². The molecule has 1 amide bonds. The summed E-state index contributed by atoms with van der Waals surface area (Å²) in [4.78, 5) is 37.3. The van der Waals surface area contributed by atoms with E-state index in [1.807, 2.05) is 24.8 Å². The summed E-state index contributed by atoms with van der Waals surface area (Å²) in [5.74, 6) is -0.250. The molecule has 0 spiro atoms. The molecule has 1 N–H and O–H groups in total. The molecular weight excluding hydrogens is 316 g/mol. The topological polar surface area (TPSA) is 115 Å². The Morgan fingerprint density at radius 1 is 1.38 bits per heavy atom. The summed E-state index contributed by atoms with van der Waals surface area (Å²) in [5, 5.41) is 2.47. The summed E-state index contributed by atoms with van der Waals surface area (Å²) in [6, 6.07) is 0. The molecular formula is C14H18N6O4. The highest BCUT2D eigenvalue weighted by Gasteiger charge is 2.19. The van der Waals surface area contributed by atoms with Gasteiger partial charge in [0.05, 0.1) is 6.61 Å². The Hall–Kier alpha value is -2.91. The van der Waals surface area contributed by atoms with Gasteiger partial charge in [0.2, 0.25) is 5.95 Å². The van der Waals surface area contributed by atoms with Crippen LogP contribution >= 0.6 is 0 Å². The molecule has 0 atom stereocenters. The van der Waals surface area contributed by atoms with E-state index < -0.39 is 11.8 Å². The second-order valence-electron chi connectivity index (χ2n) is 5.73. The first-order valence-corrected chi connectivity index (χ1v) is 7.65. The van der Waals surface area contributed by atoms with Crippen LogP contribution in [0.15, 0.2) is 21.5 Å². The van der Waals surface area contributed by atoms with Crippen LogP contribution < -0.4 is 16.0 Å². The minimum atomic E-state index is -0.821. The molecule has 1 aliphatic heterocycles. The fourth-order valence-electron chi connectivity index (χ4n) is 2.14. The van der Waals surface area contributed by atoms with Gasteiger partial charge < -0.3 is 14.2 Å². The van der Waals surface area contributed by atoms with E-state index in [-0.39, 0.29) is 24.3 Å². The summed E-state index contributed by atoms with van der Waals surface area (Å²) in [5.41, 5.74) is 0. The van der Waals surface area contributed by atoms with E-state index in [1.165, 1.54) is 0 Å². The molecule has 2 aromatic rings. The molecule has 0 radical (unpaired) electrons. The fraction of sp³-hybridized carbons (Fsp3) is 0.500. The Morgan fingerprint density at radius 2 is 2.21 bits per heavy atom. The zero-order valence-corrected chi connectivity index (χ0v) is 13.4. The number of anilines is 2. The Morgan fingerprint density at radius 3 is 2.92 bits per heavy atom. The molecule has 0 saturated heterocycles. The van der Waals surface area contributed by atoms with Crippen molar-refractivity contribution >= 4 is 23.8 Å². The largest absolute Gasteiger partial charge is 0.462 e. The maximum Gasteiger partial charge on any atom is 0.462 e. The average Bonchev–Trinajstić information content (AvgIpc) is 2.94. The second kappa shape index (κ2) is 6.69. The van der Waals surface area contributed by atoms with Gasteiger partial charge in [0.15, 0.2) is 0 Å². The van der Waals surface area contributed by atoms with Gasteiger partial charge in [-0.25, -0.2) is 9.59 Å². The lowest BCUT2D eigenvalue weighted by Crippen LogP contribution is -2.29. The number of carbonyl (C=O) groups excluding carboxylic acids is 1. The molecule has 0 bridgehead atoms. The number of fused-ring (bicyclic) bond motifs is 1. The minimum Gasteiger partial charge on any atom is -0.449 e. The Labute approximate surface area is 137 Å². The van der Waals surface area contributed by atoms with Crippen LogP contribution in [0.5, 0.6) is 0 Å². The van der Waals surface area contributed by atoms with Crippen LogP contribution in [0.1, 0.15) is 20.3 Å². The summed E-state index contributed by atoms with van der Waals surface area (Å²) < 4.78 is 10.9. The smallest absolute Gasteiger partial charge is 0.449 e. The van der Waals surface area contributed by atoms with Gasteiger partial charge in [-0.1, -0.05) is 30.6 Å². The summed E-state index contributed by atoms with van der Waals surface area (Å²) in [6.45, 7) is 5.47. The molecule has 128 valence electrons. The number of hydrogen-bond acceptors (Lipinski definition) is 8. The molecule has 0 unspecified atom stereocenters. The highest BCUT2D eigenvalue weighted by molar-refractivity contribution is 5.82. The van der Waals surface area contributed by atoms with Gasteiger partial charge in [0, 0.05) is 13.1 Å². The van der Waals surface area contributed by atoms with Crippen LogP contribution in [0.4, 0.5) is 16.7 Å². The van der Waals surface area contributed by atoms with Gasteiger partial charge in [0.1, 0.15) is 0 Å². The van der Waals surface area contributed by atoms with Crippen molar-refractivity contribution in [3.63, 3.8) is 0 Å². The predicted molar refractivity (Wildman–Crippen MR) is 85.1 cm³/mol. The van der Waals surface area contributed by atoms with Crippen molar-refractivity contribution in [1.29, 1.82) is 0 Å². The molecule has 0 fully saturated rings. The van der Waals surface area contributed by atoms with Crippen molar-refractivity contribution in [2.45, 2.75) is 20.3 Å². The molecule has 10 heteroatoms. The van der Waals surface area contributed by atoms with Gasteiger partial charge >= 0.3 is 11.8 Å². The van der Waals surface area contributed by atoms with E-state index in [9.17, 15) is 9.59 Å².